The summed E-state index contributed by atoms with van der Waals surface area (Å²) in [5.74, 6) is -0.438. The van der Waals surface area contributed by atoms with Crippen LogP contribution in [0.1, 0.15) is 12.1 Å². The van der Waals surface area contributed by atoms with Gasteiger partial charge in [-0.05, 0) is 12.1 Å². The number of anilines is 1. The molecule has 0 atom stereocenters. The predicted octanol–water partition coefficient (Wildman–Crippen LogP) is 1.09. The van der Waals surface area contributed by atoms with Gasteiger partial charge in [0.15, 0.2) is 11.5 Å². The van der Waals surface area contributed by atoms with Crippen LogP contribution in [0.15, 0.2) is 12.1 Å². The van der Waals surface area contributed by atoms with Crippen LogP contribution in [0.25, 0.3) is 0 Å². The van der Waals surface area contributed by atoms with Gasteiger partial charge in [0.25, 0.3) is 0 Å². The van der Waals surface area contributed by atoms with Crippen LogP contribution >= 0.6 is 0 Å². The second kappa shape index (κ2) is 6.25. The SMILES string of the molecule is O=C(O)CCN1CCN(c2ccc(C(F)(F)F)nn2)CC1. The van der Waals surface area contributed by atoms with Crippen LogP contribution < -0.4 is 4.90 Å². The summed E-state index contributed by atoms with van der Waals surface area (Å²) < 4.78 is 37.2. The maximum Gasteiger partial charge on any atom is 0.435 e. The van der Waals surface area contributed by atoms with Gasteiger partial charge in [0.2, 0.25) is 0 Å². The van der Waals surface area contributed by atoms with Crippen LogP contribution in [-0.2, 0) is 11.0 Å². The monoisotopic (exact) mass is 304 g/mol. The van der Waals surface area contributed by atoms with E-state index in [0.29, 0.717) is 38.5 Å². The third-order valence-electron chi connectivity index (χ3n) is 3.28. The number of piperazine rings is 1. The first-order chi connectivity index (χ1) is 9.86. The lowest BCUT2D eigenvalue weighted by molar-refractivity contribution is -0.141. The number of aliphatic carboxylic acids is 1. The number of aromatic nitrogens is 2. The molecule has 0 saturated carbocycles. The largest absolute Gasteiger partial charge is 0.481 e. The molecular formula is C12H15F3N4O2. The molecule has 1 N–H and O–H groups in total. The summed E-state index contributed by atoms with van der Waals surface area (Å²) in [5, 5.41) is 15.4. The van der Waals surface area contributed by atoms with E-state index in [9.17, 15) is 18.0 Å². The Balaban J connectivity index is 1.89. The normalized spacial score (nSPS) is 17.0. The van der Waals surface area contributed by atoms with Crippen LogP contribution in [0.3, 0.4) is 0 Å². The average molecular weight is 304 g/mol. The van der Waals surface area contributed by atoms with E-state index in [-0.39, 0.29) is 6.42 Å². The van der Waals surface area contributed by atoms with Crippen molar-refractivity contribution in [3.8, 4) is 0 Å². The van der Waals surface area contributed by atoms with Crippen LogP contribution in [0.4, 0.5) is 19.0 Å². The van der Waals surface area contributed by atoms with Crippen molar-refractivity contribution in [3.05, 3.63) is 17.8 Å². The molecule has 0 spiro atoms. The number of rotatable bonds is 4. The minimum Gasteiger partial charge on any atom is -0.481 e. The molecule has 1 aromatic rings. The summed E-state index contributed by atoms with van der Waals surface area (Å²) in [7, 11) is 0. The zero-order chi connectivity index (χ0) is 15.5. The quantitative estimate of drug-likeness (QED) is 0.898. The van der Waals surface area contributed by atoms with E-state index in [4.69, 9.17) is 5.11 Å². The van der Waals surface area contributed by atoms with Crippen LogP contribution in [0.5, 0.6) is 0 Å². The number of nitrogens with zero attached hydrogens (tertiary/aromatic N) is 4. The van der Waals surface area contributed by atoms with Gasteiger partial charge in [-0.15, -0.1) is 10.2 Å². The third kappa shape index (κ3) is 4.28. The Morgan fingerprint density at radius 2 is 1.86 bits per heavy atom. The van der Waals surface area contributed by atoms with Crippen molar-refractivity contribution < 1.29 is 23.1 Å². The highest BCUT2D eigenvalue weighted by Gasteiger charge is 2.33. The molecule has 0 aromatic carbocycles. The van der Waals surface area contributed by atoms with Crippen molar-refractivity contribution in [2.24, 2.45) is 0 Å². The summed E-state index contributed by atoms with van der Waals surface area (Å²) in [5.41, 5.74) is -1.01. The van der Waals surface area contributed by atoms with Crippen LogP contribution in [-0.4, -0.2) is 58.9 Å². The molecule has 2 rings (SSSR count). The first kappa shape index (κ1) is 15.5. The summed E-state index contributed by atoms with van der Waals surface area (Å²) in [6.45, 7) is 2.94. The average Bonchev–Trinajstić information content (AvgIpc) is 2.45. The summed E-state index contributed by atoms with van der Waals surface area (Å²) in [4.78, 5) is 14.3. The van der Waals surface area contributed by atoms with Crippen LogP contribution in [0, 0.1) is 0 Å². The second-order valence-electron chi connectivity index (χ2n) is 4.75. The van der Waals surface area contributed by atoms with E-state index in [1.54, 1.807) is 0 Å². The van der Waals surface area contributed by atoms with Gasteiger partial charge in [0.1, 0.15) is 0 Å². The molecule has 0 bridgehead atoms. The van der Waals surface area contributed by atoms with E-state index < -0.39 is 17.8 Å². The van der Waals surface area contributed by atoms with Crippen molar-refractivity contribution in [2.45, 2.75) is 12.6 Å². The van der Waals surface area contributed by atoms with Gasteiger partial charge < -0.3 is 10.0 Å². The van der Waals surface area contributed by atoms with Gasteiger partial charge in [0.05, 0.1) is 6.42 Å². The number of carboxylic acid groups (broad SMARTS) is 1. The van der Waals surface area contributed by atoms with E-state index in [0.717, 1.165) is 6.07 Å². The zero-order valence-electron chi connectivity index (χ0n) is 11.2. The first-order valence-corrected chi connectivity index (χ1v) is 6.46. The Labute approximate surface area is 119 Å². The Hall–Kier alpha value is -1.90. The van der Waals surface area contributed by atoms with E-state index in [1.807, 2.05) is 9.80 Å². The van der Waals surface area contributed by atoms with Gasteiger partial charge >= 0.3 is 12.1 Å². The van der Waals surface area contributed by atoms with Gasteiger partial charge in [0, 0.05) is 32.7 Å². The molecule has 1 aromatic heterocycles. The topological polar surface area (TPSA) is 69.6 Å². The lowest BCUT2D eigenvalue weighted by Crippen LogP contribution is -2.47. The lowest BCUT2D eigenvalue weighted by Gasteiger charge is -2.34. The number of carboxylic acids is 1. The van der Waals surface area contributed by atoms with Gasteiger partial charge in [-0.25, -0.2) is 0 Å². The molecule has 1 aliphatic heterocycles. The molecule has 0 unspecified atom stereocenters. The van der Waals surface area contributed by atoms with Crippen molar-refractivity contribution in [2.75, 3.05) is 37.6 Å². The molecule has 0 radical (unpaired) electrons. The van der Waals surface area contributed by atoms with E-state index in [1.165, 1.54) is 6.07 Å². The van der Waals surface area contributed by atoms with Crippen molar-refractivity contribution in [1.82, 2.24) is 15.1 Å². The maximum absolute atomic E-state index is 12.4. The molecule has 0 aliphatic carbocycles. The predicted molar refractivity (Wildman–Crippen MR) is 67.9 cm³/mol. The van der Waals surface area contributed by atoms with Gasteiger partial charge in [-0.1, -0.05) is 0 Å². The van der Waals surface area contributed by atoms with Crippen molar-refractivity contribution in [1.29, 1.82) is 0 Å². The highest BCUT2D eigenvalue weighted by atomic mass is 19.4. The van der Waals surface area contributed by atoms with Crippen LogP contribution in [0.2, 0.25) is 0 Å². The molecule has 2 heterocycles. The van der Waals surface area contributed by atoms with Gasteiger partial charge in [-0.2, -0.15) is 13.2 Å². The number of hydrogen-bond donors (Lipinski definition) is 1. The van der Waals surface area contributed by atoms with E-state index in [2.05, 4.69) is 10.2 Å². The van der Waals surface area contributed by atoms with Gasteiger partial charge in [-0.3, -0.25) is 9.69 Å². The lowest BCUT2D eigenvalue weighted by atomic mass is 10.2. The highest BCUT2D eigenvalue weighted by molar-refractivity contribution is 5.66. The maximum atomic E-state index is 12.4. The highest BCUT2D eigenvalue weighted by Crippen LogP contribution is 2.27. The molecule has 21 heavy (non-hydrogen) atoms. The Morgan fingerprint density at radius 1 is 1.19 bits per heavy atom. The Kier molecular flexibility index (Phi) is 4.61. The first-order valence-electron chi connectivity index (χ1n) is 6.46. The Bertz CT molecular complexity index is 484. The standard InChI is InChI=1S/C12H15F3N4O2/c13-12(14,15)9-1-2-10(17-16-9)19-7-5-18(6-8-19)4-3-11(20)21/h1-2H,3-8H2,(H,20,21). The zero-order valence-corrected chi connectivity index (χ0v) is 11.2. The smallest absolute Gasteiger partial charge is 0.435 e. The molecule has 6 nitrogen and oxygen atoms in total. The summed E-state index contributed by atoms with van der Waals surface area (Å²) in [6, 6.07) is 2.22. The fraction of sp³-hybridized carbons (Fsp3) is 0.583. The molecule has 1 saturated heterocycles. The molecule has 0 amide bonds. The number of alkyl halides is 3. The number of carbonyl (C=O) groups is 1. The molecular weight excluding hydrogens is 289 g/mol. The fourth-order valence-corrected chi connectivity index (χ4v) is 2.10. The third-order valence-corrected chi connectivity index (χ3v) is 3.28. The Morgan fingerprint density at radius 3 is 2.33 bits per heavy atom. The molecule has 116 valence electrons. The minimum absolute atomic E-state index is 0.0834. The summed E-state index contributed by atoms with van der Waals surface area (Å²) >= 11 is 0. The number of halogens is 3. The molecule has 1 fully saturated rings. The second-order valence-corrected chi connectivity index (χ2v) is 4.75. The minimum atomic E-state index is -4.49. The number of hydrogen-bond acceptors (Lipinski definition) is 5. The fourth-order valence-electron chi connectivity index (χ4n) is 2.10. The molecule has 1 aliphatic rings. The summed E-state index contributed by atoms with van der Waals surface area (Å²) in [6.07, 6.45) is -4.40. The van der Waals surface area contributed by atoms with E-state index >= 15 is 0 Å². The van der Waals surface area contributed by atoms with Crippen molar-refractivity contribution in [3.63, 3.8) is 0 Å². The molecule has 9 heteroatoms. The van der Waals surface area contributed by atoms with Crippen molar-refractivity contribution >= 4 is 11.8 Å².